The predicted octanol–water partition coefficient (Wildman–Crippen LogP) is 5.06. The largest absolute Gasteiger partial charge is 0.361 e. The first kappa shape index (κ1) is 18.0. The molecule has 0 atom stereocenters. The molecule has 2 aromatic carbocycles. The van der Waals surface area contributed by atoms with Crippen molar-refractivity contribution in [3.8, 4) is 11.1 Å². The smallest absolute Gasteiger partial charge is 0.253 e. The van der Waals surface area contributed by atoms with Gasteiger partial charge in [0.2, 0.25) is 0 Å². The molecule has 4 heterocycles. The molecule has 6 heteroatoms. The Morgan fingerprint density at radius 1 is 0.903 bits per heavy atom. The lowest BCUT2D eigenvalue weighted by atomic mass is 9.95. The van der Waals surface area contributed by atoms with Crippen molar-refractivity contribution in [1.29, 1.82) is 0 Å². The molecule has 1 aliphatic rings. The third-order valence-corrected chi connectivity index (χ3v) is 6.50. The number of hydrogen-bond acceptors (Lipinski definition) is 2. The number of hydrogen-bond donors (Lipinski definition) is 3. The van der Waals surface area contributed by atoms with Crippen molar-refractivity contribution >= 4 is 27.7 Å². The Balaban J connectivity index is 1.26. The van der Waals surface area contributed by atoms with E-state index in [0.717, 1.165) is 59.3 Å². The molecule has 1 fully saturated rings. The van der Waals surface area contributed by atoms with Crippen molar-refractivity contribution in [2.24, 2.45) is 0 Å². The van der Waals surface area contributed by atoms with Crippen LogP contribution in [-0.4, -0.2) is 43.8 Å². The number of nitrogens with one attached hydrogen (secondary N) is 3. The minimum Gasteiger partial charge on any atom is -0.361 e. The summed E-state index contributed by atoms with van der Waals surface area (Å²) in [5.74, 6) is 1.54. The van der Waals surface area contributed by atoms with Gasteiger partial charge < -0.3 is 19.9 Å². The van der Waals surface area contributed by atoms with Crippen LogP contribution in [0.4, 0.5) is 0 Å². The van der Waals surface area contributed by atoms with Gasteiger partial charge in [-0.1, -0.05) is 18.2 Å². The summed E-state index contributed by atoms with van der Waals surface area (Å²) >= 11 is 0. The number of carbonyl (C=O) groups excluding carboxylic acids is 1. The Labute approximate surface area is 179 Å². The first-order valence-electron chi connectivity index (χ1n) is 10.7. The van der Waals surface area contributed by atoms with Crippen LogP contribution < -0.4 is 0 Å². The van der Waals surface area contributed by atoms with Crippen LogP contribution in [0, 0.1) is 0 Å². The van der Waals surface area contributed by atoms with Crippen LogP contribution >= 0.6 is 0 Å². The number of aromatic amines is 3. The standard InChI is InChI=1S/C25H23N5O/c31-25(30-12-7-16(8-13-30)24-27-10-11-28-24)17-4-5-19-21(15-29-23(19)14-17)18-2-1-3-22-20(18)6-9-26-22/h1-6,9-11,14-16,26,29H,7-8,12-13H2,(H,27,28). The number of piperidine rings is 1. The Morgan fingerprint density at radius 2 is 1.77 bits per heavy atom. The first-order valence-corrected chi connectivity index (χ1v) is 10.7. The minimum atomic E-state index is 0.101. The second kappa shape index (κ2) is 7.16. The summed E-state index contributed by atoms with van der Waals surface area (Å²) < 4.78 is 0. The molecule has 1 aliphatic heterocycles. The number of nitrogens with zero attached hydrogens (tertiary/aromatic N) is 2. The summed E-state index contributed by atoms with van der Waals surface area (Å²) in [6.45, 7) is 1.52. The molecule has 3 aromatic heterocycles. The summed E-state index contributed by atoms with van der Waals surface area (Å²) in [4.78, 5) is 29.3. The SMILES string of the molecule is O=C(c1ccc2c(-c3cccc4[nH]ccc34)c[nH]c2c1)N1CCC(c2ncc[nH]2)CC1. The highest BCUT2D eigenvalue weighted by atomic mass is 16.2. The zero-order chi connectivity index (χ0) is 20.8. The lowest BCUT2D eigenvalue weighted by Crippen LogP contribution is -2.38. The molecule has 0 aliphatic carbocycles. The van der Waals surface area contributed by atoms with Crippen LogP contribution in [0.1, 0.15) is 34.9 Å². The van der Waals surface area contributed by atoms with Crippen molar-refractivity contribution in [3.05, 3.63) is 78.6 Å². The highest BCUT2D eigenvalue weighted by Crippen LogP contribution is 2.34. The normalized spacial score (nSPS) is 15.2. The lowest BCUT2D eigenvalue weighted by molar-refractivity contribution is 0.0711. The highest BCUT2D eigenvalue weighted by Gasteiger charge is 2.26. The maximum Gasteiger partial charge on any atom is 0.253 e. The molecule has 5 aromatic rings. The minimum absolute atomic E-state index is 0.101. The van der Waals surface area contributed by atoms with Gasteiger partial charge in [-0.15, -0.1) is 0 Å². The van der Waals surface area contributed by atoms with E-state index < -0.39 is 0 Å². The van der Waals surface area contributed by atoms with Crippen molar-refractivity contribution in [2.45, 2.75) is 18.8 Å². The lowest BCUT2D eigenvalue weighted by Gasteiger charge is -2.31. The molecule has 3 N–H and O–H groups in total. The fourth-order valence-electron chi connectivity index (χ4n) is 4.84. The van der Waals surface area contributed by atoms with Crippen LogP contribution in [0.5, 0.6) is 0 Å². The zero-order valence-corrected chi connectivity index (χ0v) is 17.1. The van der Waals surface area contributed by atoms with Crippen LogP contribution in [0.15, 0.2) is 67.3 Å². The third kappa shape index (κ3) is 3.03. The van der Waals surface area contributed by atoms with E-state index in [1.54, 1.807) is 6.20 Å². The maximum absolute atomic E-state index is 13.1. The molecule has 0 saturated carbocycles. The number of rotatable bonds is 3. The number of likely N-dealkylation sites (tertiary alicyclic amines) is 1. The van der Waals surface area contributed by atoms with Crippen molar-refractivity contribution in [2.75, 3.05) is 13.1 Å². The second-order valence-electron chi connectivity index (χ2n) is 8.25. The molecule has 154 valence electrons. The summed E-state index contributed by atoms with van der Waals surface area (Å²) in [7, 11) is 0. The van der Waals surface area contributed by atoms with Gasteiger partial charge in [0.25, 0.3) is 5.91 Å². The highest BCUT2D eigenvalue weighted by molar-refractivity contribution is 6.06. The number of imidazole rings is 1. The quantitative estimate of drug-likeness (QED) is 0.389. The molecule has 0 radical (unpaired) electrons. The topological polar surface area (TPSA) is 80.6 Å². The average Bonchev–Trinajstić information content (AvgIpc) is 3.58. The first-order chi connectivity index (χ1) is 15.3. The molecule has 0 spiro atoms. The monoisotopic (exact) mass is 409 g/mol. The molecule has 6 rings (SSSR count). The van der Waals surface area contributed by atoms with Crippen LogP contribution in [0.25, 0.3) is 32.9 Å². The fraction of sp³-hybridized carbons (Fsp3) is 0.200. The molecule has 0 unspecified atom stereocenters. The van der Waals surface area contributed by atoms with Crippen molar-refractivity contribution < 1.29 is 4.79 Å². The van der Waals surface area contributed by atoms with Gasteiger partial charge >= 0.3 is 0 Å². The molecular weight excluding hydrogens is 386 g/mol. The fourth-order valence-corrected chi connectivity index (χ4v) is 4.84. The molecule has 0 bridgehead atoms. The molecule has 31 heavy (non-hydrogen) atoms. The van der Waals surface area contributed by atoms with E-state index in [1.807, 2.05) is 35.6 Å². The summed E-state index contributed by atoms with van der Waals surface area (Å²) in [6, 6.07) is 14.4. The molecule has 6 nitrogen and oxygen atoms in total. The average molecular weight is 409 g/mol. The molecular formula is C25H23N5O. The van der Waals surface area contributed by atoms with Gasteiger partial charge in [-0.25, -0.2) is 4.98 Å². The number of aromatic nitrogens is 4. The number of H-pyrrole nitrogens is 3. The van der Waals surface area contributed by atoms with Gasteiger partial charge in [0.1, 0.15) is 5.82 Å². The number of amides is 1. The van der Waals surface area contributed by atoms with Gasteiger partial charge in [0.05, 0.1) is 0 Å². The summed E-state index contributed by atoms with van der Waals surface area (Å²) in [5.41, 5.74) is 5.18. The van der Waals surface area contributed by atoms with Gasteiger partial charge in [-0.2, -0.15) is 0 Å². The van der Waals surface area contributed by atoms with E-state index in [4.69, 9.17) is 0 Å². The predicted molar refractivity (Wildman–Crippen MR) is 122 cm³/mol. The Hall–Kier alpha value is -3.80. The third-order valence-electron chi connectivity index (χ3n) is 6.50. The van der Waals surface area contributed by atoms with Crippen molar-refractivity contribution in [3.63, 3.8) is 0 Å². The van der Waals surface area contributed by atoms with Gasteiger partial charge in [-0.05, 0) is 42.7 Å². The van der Waals surface area contributed by atoms with E-state index in [0.29, 0.717) is 5.92 Å². The van der Waals surface area contributed by atoms with Crippen LogP contribution in [-0.2, 0) is 0 Å². The van der Waals surface area contributed by atoms with Gasteiger partial charge in [-0.3, -0.25) is 4.79 Å². The molecule has 1 amide bonds. The van der Waals surface area contributed by atoms with E-state index in [2.05, 4.69) is 50.3 Å². The Morgan fingerprint density at radius 3 is 2.61 bits per heavy atom. The van der Waals surface area contributed by atoms with Crippen LogP contribution in [0.3, 0.4) is 0 Å². The van der Waals surface area contributed by atoms with E-state index in [1.165, 1.54) is 10.9 Å². The van der Waals surface area contributed by atoms with E-state index in [-0.39, 0.29) is 5.91 Å². The van der Waals surface area contributed by atoms with E-state index >= 15 is 0 Å². The summed E-state index contributed by atoms with van der Waals surface area (Å²) in [5, 5.41) is 2.32. The molecule has 1 saturated heterocycles. The Kier molecular flexibility index (Phi) is 4.16. The second-order valence-corrected chi connectivity index (χ2v) is 8.25. The zero-order valence-electron chi connectivity index (χ0n) is 17.1. The Bertz CT molecular complexity index is 1370. The summed E-state index contributed by atoms with van der Waals surface area (Å²) in [6.07, 6.45) is 9.54. The number of carbonyl (C=O) groups is 1. The van der Waals surface area contributed by atoms with E-state index in [9.17, 15) is 4.79 Å². The number of benzene rings is 2. The van der Waals surface area contributed by atoms with Gasteiger partial charge in [0.15, 0.2) is 0 Å². The van der Waals surface area contributed by atoms with Gasteiger partial charge in [0, 0.05) is 76.7 Å². The van der Waals surface area contributed by atoms with Crippen molar-refractivity contribution in [1.82, 2.24) is 24.8 Å². The number of fused-ring (bicyclic) bond motifs is 2. The van der Waals surface area contributed by atoms with Crippen LogP contribution in [0.2, 0.25) is 0 Å². The maximum atomic E-state index is 13.1.